The predicted molar refractivity (Wildman–Crippen MR) is 124 cm³/mol. The zero-order valence-corrected chi connectivity index (χ0v) is 20.1. The molecule has 3 aromatic heterocycles. The van der Waals surface area contributed by atoms with Crippen LogP contribution in [0.3, 0.4) is 0 Å². The molecular weight excluding hydrogens is 502 g/mol. The molecule has 200 valence electrons. The predicted octanol–water partition coefficient (Wildman–Crippen LogP) is 5.53. The van der Waals surface area contributed by atoms with Gasteiger partial charge in [-0.3, -0.25) is 4.98 Å². The first-order chi connectivity index (χ1) is 17.4. The summed E-state index contributed by atoms with van der Waals surface area (Å²) in [7, 11) is 0. The highest BCUT2D eigenvalue weighted by atomic mass is 19.4. The number of aromatic nitrogens is 4. The largest absolute Gasteiger partial charge is 0.468 e. The van der Waals surface area contributed by atoms with Gasteiger partial charge in [0.25, 0.3) is 0 Å². The Morgan fingerprint density at radius 1 is 1.05 bits per heavy atom. The summed E-state index contributed by atoms with van der Waals surface area (Å²) < 4.78 is 83.9. The Bertz CT molecular complexity index is 1260. The van der Waals surface area contributed by atoms with E-state index in [0.29, 0.717) is 24.4 Å². The normalized spacial score (nSPS) is 22.2. The molecule has 1 N–H and O–H groups in total. The van der Waals surface area contributed by atoms with Crippen molar-refractivity contribution >= 4 is 17.3 Å². The van der Waals surface area contributed by atoms with E-state index in [2.05, 4.69) is 20.4 Å². The molecule has 1 saturated carbocycles. The van der Waals surface area contributed by atoms with Gasteiger partial charge < -0.3 is 15.0 Å². The maximum absolute atomic E-state index is 13.1. The number of piperidine rings is 1. The molecule has 7 nitrogen and oxygen atoms in total. The maximum Gasteiger partial charge on any atom is 0.433 e. The Morgan fingerprint density at radius 3 is 2.38 bits per heavy atom. The number of hydrogen-bond acceptors (Lipinski definition) is 6. The number of pyridine rings is 2. The Hall–Kier alpha value is -3.25. The molecule has 3 aromatic rings. The molecule has 1 aliphatic heterocycles. The van der Waals surface area contributed by atoms with Crippen LogP contribution in [0.1, 0.15) is 43.9 Å². The van der Waals surface area contributed by atoms with Crippen molar-refractivity contribution in [2.45, 2.75) is 51.0 Å². The van der Waals surface area contributed by atoms with Crippen LogP contribution < -0.4 is 15.0 Å². The summed E-state index contributed by atoms with van der Waals surface area (Å²) in [5.41, 5.74) is 0.793. The van der Waals surface area contributed by atoms with E-state index < -0.39 is 24.7 Å². The van der Waals surface area contributed by atoms with Crippen LogP contribution in [0, 0.1) is 11.8 Å². The van der Waals surface area contributed by atoms with Crippen molar-refractivity contribution < 1.29 is 31.1 Å². The Morgan fingerprint density at radius 2 is 1.76 bits per heavy atom. The zero-order valence-electron chi connectivity index (χ0n) is 20.1. The zero-order chi connectivity index (χ0) is 26.5. The minimum atomic E-state index is -4.51. The molecule has 1 unspecified atom stereocenters. The van der Waals surface area contributed by atoms with Crippen LogP contribution in [0.25, 0.3) is 5.65 Å². The molecule has 0 spiro atoms. The first kappa shape index (κ1) is 25.4. The first-order valence-corrected chi connectivity index (χ1v) is 12.0. The van der Waals surface area contributed by atoms with E-state index in [0.717, 1.165) is 24.5 Å². The SMILES string of the molecule is CC(C)c1ccc(OCC(F)(F)F)n2nc(N[C@@H]3C4CC[C@H]3CN(c3ccnc(C(F)(F)F)c3)C4)nc12. The van der Waals surface area contributed by atoms with Crippen LogP contribution in [-0.2, 0) is 6.18 Å². The van der Waals surface area contributed by atoms with Crippen molar-refractivity contribution in [1.29, 1.82) is 0 Å². The number of alkyl halides is 6. The van der Waals surface area contributed by atoms with Crippen molar-refractivity contribution in [3.8, 4) is 5.88 Å². The Labute approximate surface area is 208 Å². The lowest BCUT2D eigenvalue weighted by molar-refractivity contribution is -0.154. The molecule has 2 aliphatic rings. The van der Waals surface area contributed by atoms with Crippen molar-refractivity contribution in [1.82, 2.24) is 19.6 Å². The van der Waals surface area contributed by atoms with E-state index in [4.69, 9.17) is 4.74 Å². The summed E-state index contributed by atoms with van der Waals surface area (Å²) in [6.45, 7) is 3.57. The van der Waals surface area contributed by atoms with Gasteiger partial charge in [-0.15, -0.1) is 5.10 Å². The van der Waals surface area contributed by atoms with Crippen LogP contribution in [0.5, 0.6) is 5.88 Å². The molecular formula is C24H26F6N6O. The molecule has 2 bridgehead atoms. The van der Waals surface area contributed by atoms with Crippen molar-refractivity contribution in [2.75, 3.05) is 29.9 Å². The minimum absolute atomic E-state index is 0.0142. The van der Waals surface area contributed by atoms with Crippen LogP contribution in [-0.4, -0.2) is 51.5 Å². The number of ether oxygens (including phenoxy) is 1. The third-order valence-electron chi connectivity index (χ3n) is 7.01. The lowest BCUT2D eigenvalue weighted by Crippen LogP contribution is -2.48. The number of nitrogens with one attached hydrogen (secondary N) is 1. The molecule has 4 heterocycles. The van der Waals surface area contributed by atoms with Gasteiger partial charge in [-0.2, -0.15) is 35.8 Å². The van der Waals surface area contributed by atoms with Crippen LogP contribution >= 0.6 is 0 Å². The van der Waals surface area contributed by atoms with E-state index in [1.54, 1.807) is 12.1 Å². The molecule has 13 heteroatoms. The van der Waals surface area contributed by atoms with Gasteiger partial charge >= 0.3 is 12.4 Å². The third-order valence-corrected chi connectivity index (χ3v) is 7.01. The van der Waals surface area contributed by atoms with Crippen LogP contribution in [0.15, 0.2) is 30.5 Å². The molecule has 2 fully saturated rings. The molecule has 0 radical (unpaired) electrons. The number of anilines is 2. The van der Waals surface area contributed by atoms with Crippen LogP contribution in [0.4, 0.5) is 38.0 Å². The summed E-state index contributed by atoms with van der Waals surface area (Å²) in [5, 5.41) is 7.78. The van der Waals surface area contributed by atoms with E-state index in [9.17, 15) is 26.3 Å². The van der Waals surface area contributed by atoms with E-state index in [1.165, 1.54) is 16.8 Å². The molecule has 5 rings (SSSR count). The highest BCUT2D eigenvalue weighted by molar-refractivity contribution is 5.55. The second-order valence-corrected chi connectivity index (χ2v) is 9.93. The van der Waals surface area contributed by atoms with Gasteiger partial charge in [0.15, 0.2) is 12.3 Å². The highest BCUT2D eigenvalue weighted by Gasteiger charge is 2.43. The average molecular weight is 529 g/mol. The number of fused-ring (bicyclic) bond motifs is 3. The fourth-order valence-electron chi connectivity index (χ4n) is 5.32. The fraction of sp³-hybridized carbons (Fsp3) is 0.542. The highest BCUT2D eigenvalue weighted by Crippen LogP contribution is 2.41. The lowest BCUT2D eigenvalue weighted by Gasteiger charge is -2.39. The van der Waals surface area contributed by atoms with Gasteiger partial charge in [-0.05, 0) is 54.4 Å². The van der Waals surface area contributed by atoms with Gasteiger partial charge in [0.05, 0.1) is 0 Å². The fourth-order valence-corrected chi connectivity index (χ4v) is 5.32. The standard InChI is InChI=1S/C24H26F6N6O/c1-13(2)17-5-6-19(37-12-23(25,26)27)36-21(17)33-22(34-36)32-20-14-3-4-15(20)11-35(10-14)16-7-8-31-18(9-16)24(28,29)30/h5-9,13-15,20H,3-4,10-12H2,1-2H3,(H,32,34)/t14-,15?,20-/m0/s1. The Kier molecular flexibility index (Phi) is 6.35. The molecule has 1 aliphatic carbocycles. The van der Waals surface area contributed by atoms with Gasteiger partial charge in [-0.25, -0.2) is 0 Å². The second-order valence-electron chi connectivity index (χ2n) is 9.93. The molecule has 3 atom stereocenters. The molecule has 0 aromatic carbocycles. The summed E-state index contributed by atoms with van der Waals surface area (Å²) in [5.74, 6) is 0.547. The van der Waals surface area contributed by atoms with E-state index in [-0.39, 0.29) is 35.6 Å². The smallest absolute Gasteiger partial charge is 0.433 e. The second kappa shape index (κ2) is 9.25. The van der Waals surface area contributed by atoms with Gasteiger partial charge in [0, 0.05) is 37.1 Å². The van der Waals surface area contributed by atoms with Crippen molar-refractivity contribution in [3.63, 3.8) is 0 Å². The summed E-state index contributed by atoms with van der Waals surface area (Å²) in [4.78, 5) is 9.98. The molecule has 0 amide bonds. The summed E-state index contributed by atoms with van der Waals surface area (Å²) >= 11 is 0. The van der Waals surface area contributed by atoms with Crippen molar-refractivity contribution in [2.24, 2.45) is 11.8 Å². The maximum atomic E-state index is 13.1. The van der Waals surface area contributed by atoms with Crippen LogP contribution in [0.2, 0.25) is 0 Å². The minimum Gasteiger partial charge on any atom is -0.468 e. The first-order valence-electron chi connectivity index (χ1n) is 12.0. The topological polar surface area (TPSA) is 67.6 Å². The quantitative estimate of drug-likeness (QED) is 0.424. The van der Waals surface area contributed by atoms with Gasteiger partial charge in [-0.1, -0.05) is 13.8 Å². The number of nitrogens with zero attached hydrogens (tertiary/aromatic N) is 5. The van der Waals surface area contributed by atoms with Gasteiger partial charge in [0.2, 0.25) is 11.8 Å². The molecule has 37 heavy (non-hydrogen) atoms. The molecule has 1 saturated heterocycles. The van der Waals surface area contributed by atoms with Crippen molar-refractivity contribution in [3.05, 3.63) is 41.7 Å². The third kappa shape index (κ3) is 5.26. The average Bonchev–Trinajstić information content (AvgIpc) is 3.33. The lowest BCUT2D eigenvalue weighted by atomic mass is 9.92. The summed E-state index contributed by atoms with van der Waals surface area (Å²) in [6, 6.07) is 5.80. The monoisotopic (exact) mass is 528 g/mol. The van der Waals surface area contributed by atoms with Gasteiger partial charge in [0.1, 0.15) is 5.69 Å². The number of rotatable bonds is 6. The number of halogens is 6. The summed E-state index contributed by atoms with van der Waals surface area (Å²) in [6.07, 6.45) is -6.05. The van der Waals surface area contributed by atoms with E-state index in [1.807, 2.05) is 18.7 Å². The number of hydrogen-bond donors (Lipinski definition) is 1. The Balaban J connectivity index is 1.36. The van der Waals surface area contributed by atoms with E-state index >= 15 is 0 Å².